The molecule has 2 atom stereocenters. The summed E-state index contributed by atoms with van der Waals surface area (Å²) in [5.74, 6) is -0.402. The van der Waals surface area contributed by atoms with E-state index in [4.69, 9.17) is 4.74 Å². The number of hydrogen-bond donors (Lipinski definition) is 0. The van der Waals surface area contributed by atoms with E-state index in [-0.39, 0.29) is 11.3 Å². The van der Waals surface area contributed by atoms with Crippen LogP contribution >= 0.6 is 0 Å². The number of Topliss-reactive ketones (excluding diaryl/α,β-unsaturated/α-hetero) is 1. The lowest BCUT2D eigenvalue weighted by Gasteiger charge is -2.37. The largest absolute Gasteiger partial charge is 0.370 e. The standard InChI is InChI=1S/C14H18FNO2/c1-10-4-3-6-14(8-10,18-2)13(17)11-5-7-16-9-12(11)15/h5,7,9-10H,3-4,6,8H2,1-2H3. The molecule has 2 unspecified atom stereocenters. The maximum atomic E-state index is 13.7. The molecule has 0 bridgehead atoms. The molecule has 0 aromatic carbocycles. The van der Waals surface area contributed by atoms with Crippen LogP contribution in [0.15, 0.2) is 18.5 Å². The second-order valence-corrected chi connectivity index (χ2v) is 5.08. The van der Waals surface area contributed by atoms with E-state index in [0.717, 1.165) is 19.0 Å². The van der Waals surface area contributed by atoms with Gasteiger partial charge >= 0.3 is 0 Å². The molecule has 0 amide bonds. The summed E-state index contributed by atoms with van der Waals surface area (Å²) < 4.78 is 19.1. The van der Waals surface area contributed by atoms with Crippen LogP contribution in [0, 0.1) is 11.7 Å². The Bertz CT molecular complexity index is 449. The van der Waals surface area contributed by atoms with Gasteiger partial charge in [-0.15, -0.1) is 0 Å². The summed E-state index contributed by atoms with van der Waals surface area (Å²) in [4.78, 5) is 16.2. The molecule has 0 radical (unpaired) electrons. The molecule has 0 N–H and O–H groups in total. The number of rotatable bonds is 3. The molecule has 3 nitrogen and oxygen atoms in total. The van der Waals surface area contributed by atoms with E-state index in [0.29, 0.717) is 18.8 Å². The van der Waals surface area contributed by atoms with Crippen molar-refractivity contribution in [1.82, 2.24) is 4.98 Å². The molecule has 1 aromatic heterocycles. The van der Waals surface area contributed by atoms with Crippen molar-refractivity contribution < 1.29 is 13.9 Å². The Morgan fingerprint density at radius 3 is 3.00 bits per heavy atom. The maximum absolute atomic E-state index is 13.7. The van der Waals surface area contributed by atoms with E-state index >= 15 is 0 Å². The SMILES string of the molecule is COC1(C(=O)c2ccncc2F)CCCC(C)C1. The van der Waals surface area contributed by atoms with Gasteiger partial charge in [-0.3, -0.25) is 9.78 Å². The summed E-state index contributed by atoms with van der Waals surface area (Å²) in [6.07, 6.45) is 5.86. The highest BCUT2D eigenvalue weighted by atomic mass is 19.1. The topological polar surface area (TPSA) is 39.2 Å². The van der Waals surface area contributed by atoms with Crippen molar-refractivity contribution in [3.05, 3.63) is 29.8 Å². The van der Waals surface area contributed by atoms with E-state index in [1.807, 2.05) is 0 Å². The third kappa shape index (κ3) is 2.29. The quantitative estimate of drug-likeness (QED) is 0.775. The fourth-order valence-electron chi connectivity index (χ4n) is 2.79. The number of carbonyl (C=O) groups excluding carboxylic acids is 1. The molecule has 18 heavy (non-hydrogen) atoms. The molecule has 1 fully saturated rings. The smallest absolute Gasteiger partial charge is 0.197 e. The molecule has 1 aliphatic rings. The minimum absolute atomic E-state index is 0.0842. The molecular weight excluding hydrogens is 233 g/mol. The Balaban J connectivity index is 2.33. The molecule has 0 spiro atoms. The van der Waals surface area contributed by atoms with Crippen LogP contribution in [0.4, 0.5) is 4.39 Å². The van der Waals surface area contributed by atoms with Crippen LogP contribution in [0.5, 0.6) is 0 Å². The van der Waals surface area contributed by atoms with Crippen LogP contribution < -0.4 is 0 Å². The van der Waals surface area contributed by atoms with E-state index in [1.165, 1.54) is 19.4 Å². The first-order chi connectivity index (χ1) is 8.59. The lowest BCUT2D eigenvalue weighted by molar-refractivity contribution is -0.0305. The van der Waals surface area contributed by atoms with Crippen molar-refractivity contribution in [2.24, 2.45) is 5.92 Å². The summed E-state index contributed by atoms with van der Waals surface area (Å²) >= 11 is 0. The van der Waals surface area contributed by atoms with E-state index in [2.05, 4.69) is 11.9 Å². The first kappa shape index (κ1) is 13.1. The predicted octanol–water partition coefficient (Wildman–Crippen LogP) is 3.00. The minimum Gasteiger partial charge on any atom is -0.370 e. The highest BCUT2D eigenvalue weighted by Gasteiger charge is 2.43. The number of aromatic nitrogens is 1. The highest BCUT2D eigenvalue weighted by molar-refractivity contribution is 6.02. The molecule has 2 rings (SSSR count). The van der Waals surface area contributed by atoms with Gasteiger partial charge < -0.3 is 4.74 Å². The molecule has 4 heteroatoms. The Morgan fingerprint density at radius 1 is 1.61 bits per heavy atom. The van der Waals surface area contributed by atoms with Gasteiger partial charge in [-0.05, 0) is 31.2 Å². The number of ketones is 1. The average Bonchev–Trinajstić information content (AvgIpc) is 2.38. The summed E-state index contributed by atoms with van der Waals surface area (Å²) in [6, 6.07) is 1.43. The monoisotopic (exact) mass is 251 g/mol. The zero-order chi connectivity index (χ0) is 13.2. The van der Waals surface area contributed by atoms with Crippen LogP contribution in [0.2, 0.25) is 0 Å². The second-order valence-electron chi connectivity index (χ2n) is 5.08. The second kappa shape index (κ2) is 5.14. The summed E-state index contributed by atoms with van der Waals surface area (Å²) in [5.41, 5.74) is -0.777. The molecule has 1 heterocycles. The zero-order valence-corrected chi connectivity index (χ0v) is 10.8. The molecule has 1 aromatic rings. The Labute approximate surface area is 106 Å². The van der Waals surface area contributed by atoms with Crippen LogP contribution in [0.25, 0.3) is 0 Å². The van der Waals surface area contributed by atoms with Crippen molar-refractivity contribution in [2.75, 3.05) is 7.11 Å². The molecule has 98 valence electrons. The first-order valence-corrected chi connectivity index (χ1v) is 6.28. The Morgan fingerprint density at radius 2 is 2.39 bits per heavy atom. The number of methoxy groups -OCH3 is 1. The molecular formula is C14H18FNO2. The summed E-state index contributed by atoms with van der Waals surface area (Å²) in [7, 11) is 1.54. The van der Waals surface area contributed by atoms with Crippen LogP contribution in [-0.2, 0) is 4.74 Å². The van der Waals surface area contributed by atoms with Gasteiger partial charge in [0.1, 0.15) is 5.60 Å². The minimum atomic E-state index is -0.861. The van der Waals surface area contributed by atoms with Gasteiger partial charge in [0.05, 0.1) is 11.8 Å². The van der Waals surface area contributed by atoms with Gasteiger partial charge in [0.25, 0.3) is 0 Å². The van der Waals surface area contributed by atoms with Gasteiger partial charge in [-0.1, -0.05) is 13.3 Å². The van der Waals surface area contributed by atoms with Crippen molar-refractivity contribution in [2.45, 2.75) is 38.2 Å². The number of pyridine rings is 1. The zero-order valence-electron chi connectivity index (χ0n) is 10.8. The van der Waals surface area contributed by atoms with Crippen molar-refractivity contribution >= 4 is 5.78 Å². The van der Waals surface area contributed by atoms with Gasteiger partial charge in [0.15, 0.2) is 11.6 Å². The van der Waals surface area contributed by atoms with Gasteiger partial charge in [0.2, 0.25) is 0 Å². The first-order valence-electron chi connectivity index (χ1n) is 6.28. The van der Waals surface area contributed by atoms with Crippen LogP contribution in [0.1, 0.15) is 43.0 Å². The van der Waals surface area contributed by atoms with Crippen LogP contribution in [0.3, 0.4) is 0 Å². The van der Waals surface area contributed by atoms with E-state index in [9.17, 15) is 9.18 Å². The molecule has 1 saturated carbocycles. The molecule has 0 aliphatic heterocycles. The third-order valence-electron chi connectivity index (χ3n) is 3.78. The molecule has 1 aliphatic carbocycles. The van der Waals surface area contributed by atoms with Crippen molar-refractivity contribution in [1.29, 1.82) is 0 Å². The van der Waals surface area contributed by atoms with Crippen molar-refractivity contribution in [3.8, 4) is 0 Å². The number of hydrogen-bond acceptors (Lipinski definition) is 3. The van der Waals surface area contributed by atoms with Gasteiger partial charge in [-0.25, -0.2) is 4.39 Å². The maximum Gasteiger partial charge on any atom is 0.197 e. The van der Waals surface area contributed by atoms with Crippen LogP contribution in [-0.4, -0.2) is 23.5 Å². The number of carbonyl (C=O) groups is 1. The average molecular weight is 251 g/mol. The summed E-state index contributed by atoms with van der Waals surface area (Å²) in [5, 5.41) is 0. The lowest BCUT2D eigenvalue weighted by atomic mass is 9.75. The Kier molecular flexibility index (Phi) is 3.76. The Hall–Kier alpha value is -1.29. The molecule has 0 saturated heterocycles. The summed E-state index contributed by atoms with van der Waals surface area (Å²) in [6.45, 7) is 2.10. The van der Waals surface area contributed by atoms with Gasteiger partial charge in [-0.2, -0.15) is 0 Å². The number of halogens is 1. The normalized spacial score (nSPS) is 28.1. The number of nitrogens with zero attached hydrogens (tertiary/aromatic N) is 1. The number of ether oxygens (including phenoxy) is 1. The fourth-order valence-corrected chi connectivity index (χ4v) is 2.79. The van der Waals surface area contributed by atoms with Crippen molar-refractivity contribution in [3.63, 3.8) is 0 Å². The van der Waals surface area contributed by atoms with E-state index in [1.54, 1.807) is 0 Å². The van der Waals surface area contributed by atoms with Gasteiger partial charge in [0, 0.05) is 13.3 Å². The van der Waals surface area contributed by atoms with E-state index < -0.39 is 11.4 Å². The lowest BCUT2D eigenvalue weighted by Crippen LogP contribution is -2.45. The predicted molar refractivity (Wildman–Crippen MR) is 65.9 cm³/mol. The fraction of sp³-hybridized carbons (Fsp3) is 0.571. The highest BCUT2D eigenvalue weighted by Crippen LogP contribution is 2.37. The third-order valence-corrected chi connectivity index (χ3v) is 3.78.